The van der Waals surface area contributed by atoms with Crippen LogP contribution in [0.2, 0.25) is 0 Å². The van der Waals surface area contributed by atoms with Gasteiger partial charge >= 0.3 is 0 Å². The first-order valence-electron chi connectivity index (χ1n) is 5.36. The van der Waals surface area contributed by atoms with Crippen LogP contribution < -0.4 is 0 Å². The first-order chi connectivity index (χ1) is 7.31. The Balaban J connectivity index is 2.92. The zero-order chi connectivity index (χ0) is 11.4. The van der Waals surface area contributed by atoms with E-state index in [-0.39, 0.29) is 13.2 Å². The van der Waals surface area contributed by atoms with Crippen molar-refractivity contribution in [1.82, 2.24) is 0 Å². The molecular formula is C10H22O5. The fraction of sp³-hybridized carbons (Fsp3) is 1.00. The second kappa shape index (κ2) is 11.9. The van der Waals surface area contributed by atoms with Crippen LogP contribution in [0.25, 0.3) is 0 Å². The number of hydrogen-bond donors (Lipinski definition) is 3. The molecule has 0 heterocycles. The van der Waals surface area contributed by atoms with Crippen LogP contribution in [0.4, 0.5) is 0 Å². The third kappa shape index (κ3) is 11.7. The van der Waals surface area contributed by atoms with Gasteiger partial charge in [0.05, 0.1) is 39.1 Å². The second-order valence-corrected chi connectivity index (χ2v) is 3.28. The summed E-state index contributed by atoms with van der Waals surface area (Å²) in [5.41, 5.74) is 0. The van der Waals surface area contributed by atoms with Crippen LogP contribution in [-0.4, -0.2) is 61.1 Å². The molecule has 0 saturated heterocycles. The van der Waals surface area contributed by atoms with Gasteiger partial charge in [0.15, 0.2) is 0 Å². The molecule has 5 nitrogen and oxygen atoms in total. The average molecular weight is 222 g/mol. The number of hydrogen-bond acceptors (Lipinski definition) is 5. The minimum absolute atomic E-state index is 0.0407. The van der Waals surface area contributed by atoms with E-state index in [0.29, 0.717) is 32.8 Å². The van der Waals surface area contributed by atoms with E-state index >= 15 is 0 Å². The Bertz CT molecular complexity index is 120. The lowest BCUT2D eigenvalue weighted by atomic mass is 10.2. The maximum Gasteiger partial charge on any atom is 0.0771 e. The predicted octanol–water partition coefficient (Wildman–Crippen LogP) is -0.465. The molecule has 0 fully saturated rings. The first-order valence-corrected chi connectivity index (χ1v) is 5.36. The third-order valence-corrected chi connectivity index (χ3v) is 1.89. The van der Waals surface area contributed by atoms with E-state index in [1.54, 1.807) is 0 Å². The van der Waals surface area contributed by atoms with Crippen LogP contribution in [0.1, 0.15) is 19.3 Å². The van der Waals surface area contributed by atoms with Crippen molar-refractivity contribution < 1.29 is 24.8 Å². The Hall–Kier alpha value is -0.200. The lowest BCUT2D eigenvalue weighted by Gasteiger charge is -2.07. The van der Waals surface area contributed by atoms with Crippen molar-refractivity contribution in [2.24, 2.45) is 0 Å². The van der Waals surface area contributed by atoms with Crippen molar-refractivity contribution in [3.8, 4) is 0 Å². The van der Waals surface area contributed by atoms with Crippen molar-refractivity contribution in [1.29, 1.82) is 0 Å². The van der Waals surface area contributed by atoms with E-state index in [4.69, 9.17) is 24.8 Å². The van der Waals surface area contributed by atoms with Gasteiger partial charge in [0, 0.05) is 6.61 Å². The van der Waals surface area contributed by atoms with Gasteiger partial charge in [-0.15, -0.1) is 0 Å². The number of ether oxygens (including phenoxy) is 2. The SMILES string of the molecule is OCCOCCOCCCCC(O)CO. The number of rotatable bonds is 11. The Morgan fingerprint density at radius 1 is 0.867 bits per heavy atom. The van der Waals surface area contributed by atoms with Crippen LogP contribution in [0.15, 0.2) is 0 Å². The number of aliphatic hydroxyl groups excluding tert-OH is 3. The molecule has 1 atom stereocenters. The highest BCUT2D eigenvalue weighted by atomic mass is 16.5. The number of aliphatic hydroxyl groups is 3. The summed E-state index contributed by atoms with van der Waals surface area (Å²) in [4.78, 5) is 0. The van der Waals surface area contributed by atoms with Gasteiger partial charge in [-0.2, -0.15) is 0 Å². The van der Waals surface area contributed by atoms with Crippen LogP contribution in [0.3, 0.4) is 0 Å². The van der Waals surface area contributed by atoms with Crippen molar-refractivity contribution in [3.05, 3.63) is 0 Å². The van der Waals surface area contributed by atoms with Gasteiger partial charge < -0.3 is 24.8 Å². The van der Waals surface area contributed by atoms with Crippen LogP contribution in [-0.2, 0) is 9.47 Å². The van der Waals surface area contributed by atoms with Gasteiger partial charge in [0.1, 0.15) is 0 Å². The minimum atomic E-state index is -0.599. The summed E-state index contributed by atoms with van der Waals surface area (Å²) in [6.45, 7) is 1.89. The smallest absolute Gasteiger partial charge is 0.0771 e. The standard InChI is InChI=1S/C10H22O5/c11-4-6-15-8-7-14-5-2-1-3-10(13)9-12/h10-13H,1-9H2. The van der Waals surface area contributed by atoms with Crippen LogP contribution >= 0.6 is 0 Å². The second-order valence-electron chi connectivity index (χ2n) is 3.28. The Kier molecular flexibility index (Phi) is 11.7. The van der Waals surface area contributed by atoms with Gasteiger partial charge in [-0.05, 0) is 19.3 Å². The zero-order valence-corrected chi connectivity index (χ0v) is 9.10. The fourth-order valence-corrected chi connectivity index (χ4v) is 1.06. The van der Waals surface area contributed by atoms with Gasteiger partial charge in [0.2, 0.25) is 0 Å². The average Bonchev–Trinajstić information content (AvgIpc) is 2.26. The highest BCUT2D eigenvalue weighted by Crippen LogP contribution is 2.00. The molecule has 15 heavy (non-hydrogen) atoms. The van der Waals surface area contributed by atoms with Gasteiger partial charge in [-0.3, -0.25) is 0 Å². The summed E-state index contributed by atoms with van der Waals surface area (Å²) in [6.07, 6.45) is 1.73. The molecule has 0 radical (unpaired) electrons. The van der Waals surface area contributed by atoms with E-state index < -0.39 is 6.10 Å². The molecule has 0 spiro atoms. The molecule has 0 rings (SSSR count). The lowest BCUT2D eigenvalue weighted by Crippen LogP contribution is -2.12. The van der Waals surface area contributed by atoms with Crippen molar-refractivity contribution in [2.75, 3.05) is 39.6 Å². The van der Waals surface area contributed by atoms with E-state index in [0.717, 1.165) is 12.8 Å². The van der Waals surface area contributed by atoms with Crippen molar-refractivity contribution >= 4 is 0 Å². The molecule has 0 amide bonds. The maximum atomic E-state index is 9.02. The predicted molar refractivity (Wildman–Crippen MR) is 55.7 cm³/mol. The Morgan fingerprint density at radius 2 is 1.53 bits per heavy atom. The zero-order valence-electron chi connectivity index (χ0n) is 9.10. The summed E-state index contributed by atoms with van der Waals surface area (Å²) in [7, 11) is 0. The lowest BCUT2D eigenvalue weighted by molar-refractivity contribution is 0.0304. The normalized spacial score (nSPS) is 13.0. The summed E-state index contributed by atoms with van der Waals surface area (Å²) >= 11 is 0. The molecule has 5 heteroatoms. The Morgan fingerprint density at radius 3 is 2.13 bits per heavy atom. The van der Waals surface area contributed by atoms with E-state index in [1.807, 2.05) is 0 Å². The van der Waals surface area contributed by atoms with E-state index in [9.17, 15) is 0 Å². The minimum Gasteiger partial charge on any atom is -0.394 e. The third-order valence-electron chi connectivity index (χ3n) is 1.89. The molecule has 0 aromatic carbocycles. The quantitative estimate of drug-likeness (QED) is 0.412. The molecule has 0 aromatic heterocycles. The largest absolute Gasteiger partial charge is 0.394 e. The highest BCUT2D eigenvalue weighted by Gasteiger charge is 2.00. The molecule has 3 N–H and O–H groups in total. The molecule has 0 aromatic rings. The summed E-state index contributed by atoms with van der Waals surface area (Å²) in [5.74, 6) is 0. The fourth-order valence-electron chi connectivity index (χ4n) is 1.06. The highest BCUT2D eigenvalue weighted by molar-refractivity contribution is 4.52. The Labute approximate surface area is 90.6 Å². The molecule has 0 aliphatic carbocycles. The van der Waals surface area contributed by atoms with E-state index in [2.05, 4.69) is 0 Å². The van der Waals surface area contributed by atoms with Gasteiger partial charge in [-0.25, -0.2) is 0 Å². The van der Waals surface area contributed by atoms with E-state index in [1.165, 1.54) is 0 Å². The monoisotopic (exact) mass is 222 g/mol. The molecule has 0 bridgehead atoms. The van der Waals surface area contributed by atoms with Crippen molar-refractivity contribution in [2.45, 2.75) is 25.4 Å². The summed E-state index contributed by atoms with van der Waals surface area (Å²) in [5, 5.41) is 26.0. The molecule has 0 aliphatic heterocycles. The molecule has 0 saturated carbocycles. The maximum absolute atomic E-state index is 9.02. The van der Waals surface area contributed by atoms with Crippen LogP contribution in [0.5, 0.6) is 0 Å². The molecule has 92 valence electrons. The van der Waals surface area contributed by atoms with Gasteiger partial charge in [0.25, 0.3) is 0 Å². The summed E-state index contributed by atoms with van der Waals surface area (Å²) < 4.78 is 10.2. The van der Waals surface area contributed by atoms with Gasteiger partial charge in [-0.1, -0.05) is 0 Å². The first kappa shape index (κ1) is 14.8. The molecular weight excluding hydrogens is 200 g/mol. The summed E-state index contributed by atoms with van der Waals surface area (Å²) in [6, 6.07) is 0. The topological polar surface area (TPSA) is 79.2 Å². The molecule has 1 unspecified atom stereocenters. The van der Waals surface area contributed by atoms with Crippen molar-refractivity contribution in [3.63, 3.8) is 0 Å². The molecule has 0 aliphatic rings. The number of unbranched alkanes of at least 4 members (excludes halogenated alkanes) is 1. The van der Waals surface area contributed by atoms with Crippen LogP contribution in [0, 0.1) is 0 Å².